The summed E-state index contributed by atoms with van der Waals surface area (Å²) < 4.78 is 14.4. The zero-order chi connectivity index (χ0) is 21.4. The molecule has 0 spiro atoms. The number of nitrogens with zero attached hydrogens (tertiary/aromatic N) is 3. The van der Waals surface area contributed by atoms with Crippen LogP contribution >= 0.6 is 15.9 Å². The maximum atomic E-state index is 12.9. The second kappa shape index (κ2) is 8.26. The summed E-state index contributed by atoms with van der Waals surface area (Å²) in [6.45, 7) is 2.49. The highest BCUT2D eigenvalue weighted by atomic mass is 79.9. The summed E-state index contributed by atoms with van der Waals surface area (Å²) in [6, 6.07) is 15.4. The number of ether oxygens (including phenoxy) is 2. The second-order valence-electron chi connectivity index (χ2n) is 7.72. The minimum atomic E-state index is -0.651. The molecular formula is C23H22BrN3O4. The molecular weight excluding hydrogens is 462 g/mol. The number of hydrogen-bond acceptors (Lipinski definition) is 4. The van der Waals surface area contributed by atoms with Gasteiger partial charge in [0.2, 0.25) is 12.0 Å². The van der Waals surface area contributed by atoms with Crippen molar-refractivity contribution in [3.05, 3.63) is 59.2 Å². The molecule has 0 aliphatic carbocycles. The van der Waals surface area contributed by atoms with Crippen LogP contribution in [-0.4, -0.2) is 65.1 Å². The molecule has 0 N–H and O–H groups in total. The molecule has 2 amide bonds. The number of fused-ring (bicyclic) bond motifs is 2. The van der Waals surface area contributed by atoms with Crippen molar-refractivity contribution in [3.8, 4) is 11.5 Å². The Labute approximate surface area is 188 Å². The van der Waals surface area contributed by atoms with Gasteiger partial charge in [0, 0.05) is 42.4 Å². The summed E-state index contributed by atoms with van der Waals surface area (Å²) in [5.41, 5.74) is 1.02. The number of piperazine rings is 1. The van der Waals surface area contributed by atoms with E-state index in [2.05, 4.69) is 15.9 Å². The standard InChI is InChI=1S/C23H22BrN3O4/c24-17-6-5-16-7-8-27(18(16)13-17)14-22(28)25-9-11-26(12-10-25)23(29)21-15-30-19-3-1-2-4-20(19)31-21/h1-8,13,21H,9-12,14-15H2/t21-/m1/s1. The van der Waals surface area contributed by atoms with Gasteiger partial charge in [0.05, 0.1) is 0 Å². The van der Waals surface area contributed by atoms with E-state index in [1.165, 1.54) is 0 Å². The van der Waals surface area contributed by atoms with E-state index in [-0.39, 0.29) is 25.0 Å². The molecule has 0 saturated carbocycles. The monoisotopic (exact) mass is 483 g/mol. The summed E-state index contributed by atoms with van der Waals surface area (Å²) in [6.07, 6.45) is 1.29. The SMILES string of the molecule is O=C(Cn1ccc2ccc(Br)cc21)N1CCN(C(=O)[C@H]2COc3ccccc3O2)CC1. The van der Waals surface area contributed by atoms with Gasteiger partial charge in [-0.25, -0.2) is 0 Å². The average Bonchev–Trinajstić information content (AvgIpc) is 3.20. The molecule has 5 rings (SSSR count). The molecule has 8 heteroatoms. The minimum absolute atomic E-state index is 0.0516. The van der Waals surface area contributed by atoms with E-state index in [1.807, 2.05) is 58.1 Å². The van der Waals surface area contributed by atoms with E-state index in [0.29, 0.717) is 37.7 Å². The molecule has 0 bridgehead atoms. The van der Waals surface area contributed by atoms with Crippen molar-refractivity contribution in [2.75, 3.05) is 32.8 Å². The predicted molar refractivity (Wildman–Crippen MR) is 119 cm³/mol. The zero-order valence-electron chi connectivity index (χ0n) is 16.9. The number of hydrogen-bond donors (Lipinski definition) is 0. The Balaban J connectivity index is 1.18. The quantitative estimate of drug-likeness (QED) is 0.574. The molecule has 160 valence electrons. The highest BCUT2D eigenvalue weighted by molar-refractivity contribution is 9.10. The molecule has 0 radical (unpaired) electrons. The molecule has 2 aliphatic rings. The Kier molecular flexibility index (Phi) is 5.31. The lowest BCUT2D eigenvalue weighted by atomic mass is 10.2. The first kappa shape index (κ1) is 19.9. The zero-order valence-corrected chi connectivity index (χ0v) is 18.5. The maximum absolute atomic E-state index is 12.9. The molecule has 7 nitrogen and oxygen atoms in total. The van der Waals surface area contributed by atoms with E-state index >= 15 is 0 Å². The lowest BCUT2D eigenvalue weighted by molar-refractivity contribution is -0.146. The third-order valence-electron chi connectivity index (χ3n) is 5.77. The molecule has 1 saturated heterocycles. The fraction of sp³-hybridized carbons (Fsp3) is 0.304. The fourth-order valence-corrected chi connectivity index (χ4v) is 4.41. The van der Waals surface area contributed by atoms with Gasteiger partial charge in [0.25, 0.3) is 5.91 Å². The van der Waals surface area contributed by atoms with Gasteiger partial charge in [-0.2, -0.15) is 0 Å². The van der Waals surface area contributed by atoms with E-state index in [0.717, 1.165) is 15.4 Å². The van der Waals surface area contributed by atoms with Gasteiger partial charge in [-0.15, -0.1) is 0 Å². The Morgan fingerprint density at radius 1 is 0.968 bits per heavy atom. The van der Waals surface area contributed by atoms with Gasteiger partial charge in [0.15, 0.2) is 11.5 Å². The van der Waals surface area contributed by atoms with Crippen LogP contribution in [0.4, 0.5) is 0 Å². The summed E-state index contributed by atoms with van der Waals surface area (Å²) in [4.78, 5) is 29.3. The molecule has 3 heterocycles. The van der Waals surface area contributed by atoms with Crippen molar-refractivity contribution in [2.45, 2.75) is 12.6 Å². The van der Waals surface area contributed by atoms with Crippen molar-refractivity contribution >= 4 is 38.6 Å². The average molecular weight is 484 g/mol. The molecule has 0 unspecified atom stereocenters. The Morgan fingerprint density at radius 3 is 2.52 bits per heavy atom. The number of para-hydroxylation sites is 2. The van der Waals surface area contributed by atoms with E-state index in [4.69, 9.17) is 9.47 Å². The normalized spacial score (nSPS) is 18.3. The van der Waals surface area contributed by atoms with Gasteiger partial charge in [-0.1, -0.05) is 34.1 Å². The minimum Gasteiger partial charge on any atom is -0.485 e. The summed E-state index contributed by atoms with van der Waals surface area (Å²) >= 11 is 3.49. The smallest absolute Gasteiger partial charge is 0.267 e. The van der Waals surface area contributed by atoms with Gasteiger partial charge in [-0.05, 0) is 35.7 Å². The third-order valence-corrected chi connectivity index (χ3v) is 6.26. The highest BCUT2D eigenvalue weighted by Gasteiger charge is 2.33. The Hall–Kier alpha value is -3.00. The molecule has 1 fully saturated rings. The first-order valence-electron chi connectivity index (χ1n) is 10.3. The number of benzene rings is 2. The topological polar surface area (TPSA) is 64.0 Å². The highest BCUT2D eigenvalue weighted by Crippen LogP contribution is 2.31. The summed E-state index contributed by atoms with van der Waals surface area (Å²) in [5, 5.41) is 1.10. The van der Waals surface area contributed by atoms with Crippen LogP contribution in [0.3, 0.4) is 0 Å². The molecule has 2 aromatic carbocycles. The van der Waals surface area contributed by atoms with Crippen LogP contribution in [0.25, 0.3) is 10.9 Å². The first-order valence-corrected chi connectivity index (χ1v) is 11.1. The van der Waals surface area contributed by atoms with Gasteiger partial charge in [0.1, 0.15) is 13.2 Å². The summed E-state index contributed by atoms with van der Waals surface area (Å²) in [7, 11) is 0. The lowest BCUT2D eigenvalue weighted by Crippen LogP contribution is -2.55. The van der Waals surface area contributed by atoms with Crippen LogP contribution in [0.1, 0.15) is 0 Å². The van der Waals surface area contributed by atoms with Gasteiger partial charge in [-0.3, -0.25) is 9.59 Å². The van der Waals surface area contributed by atoms with Crippen molar-refractivity contribution in [1.82, 2.24) is 14.4 Å². The number of halogens is 1. The number of rotatable bonds is 3. The number of carbonyl (C=O) groups is 2. The Morgan fingerprint density at radius 2 is 1.71 bits per heavy atom. The summed E-state index contributed by atoms with van der Waals surface area (Å²) in [5.74, 6) is 1.21. The van der Waals surface area contributed by atoms with Crippen LogP contribution in [-0.2, 0) is 16.1 Å². The maximum Gasteiger partial charge on any atom is 0.267 e. The molecule has 2 aliphatic heterocycles. The van der Waals surface area contributed by atoms with E-state index < -0.39 is 6.10 Å². The number of amides is 2. The van der Waals surface area contributed by atoms with Crippen LogP contribution in [0.2, 0.25) is 0 Å². The van der Waals surface area contributed by atoms with Gasteiger partial charge >= 0.3 is 0 Å². The van der Waals surface area contributed by atoms with Crippen LogP contribution < -0.4 is 9.47 Å². The predicted octanol–water partition coefficient (Wildman–Crippen LogP) is 2.91. The van der Waals surface area contributed by atoms with Crippen LogP contribution in [0.15, 0.2) is 59.2 Å². The van der Waals surface area contributed by atoms with Crippen molar-refractivity contribution in [2.24, 2.45) is 0 Å². The second-order valence-corrected chi connectivity index (χ2v) is 8.63. The molecule has 31 heavy (non-hydrogen) atoms. The largest absolute Gasteiger partial charge is 0.485 e. The van der Waals surface area contributed by atoms with E-state index in [9.17, 15) is 9.59 Å². The first-order chi connectivity index (χ1) is 15.1. The Bertz CT molecular complexity index is 1140. The fourth-order valence-electron chi connectivity index (χ4n) is 4.06. The number of carbonyl (C=O) groups excluding carboxylic acids is 2. The van der Waals surface area contributed by atoms with Crippen LogP contribution in [0.5, 0.6) is 11.5 Å². The molecule has 1 aromatic heterocycles. The lowest BCUT2D eigenvalue weighted by Gasteiger charge is -2.37. The van der Waals surface area contributed by atoms with Crippen LogP contribution in [0, 0.1) is 0 Å². The van der Waals surface area contributed by atoms with E-state index in [1.54, 1.807) is 11.0 Å². The molecule has 3 aromatic rings. The van der Waals surface area contributed by atoms with Crippen molar-refractivity contribution < 1.29 is 19.1 Å². The van der Waals surface area contributed by atoms with Gasteiger partial charge < -0.3 is 23.8 Å². The third kappa shape index (κ3) is 3.99. The number of aromatic nitrogens is 1. The van der Waals surface area contributed by atoms with Crippen molar-refractivity contribution in [1.29, 1.82) is 0 Å². The molecule has 1 atom stereocenters. The van der Waals surface area contributed by atoms with Crippen molar-refractivity contribution in [3.63, 3.8) is 0 Å².